The molecule has 24 heavy (non-hydrogen) atoms. The van der Waals surface area contributed by atoms with Crippen molar-refractivity contribution in [1.29, 1.82) is 0 Å². The summed E-state index contributed by atoms with van der Waals surface area (Å²) in [5.41, 5.74) is 1.74. The van der Waals surface area contributed by atoms with Crippen LogP contribution >= 0.6 is 23.1 Å². The minimum Gasteiger partial charge on any atom is -0.480 e. The molecule has 0 spiro atoms. The second-order valence-corrected chi connectivity index (χ2v) is 8.30. The quantitative estimate of drug-likeness (QED) is 0.535. The number of carboxylic acids is 1. The van der Waals surface area contributed by atoms with E-state index >= 15 is 0 Å². The summed E-state index contributed by atoms with van der Waals surface area (Å²) in [6.45, 7) is 5.08. The van der Waals surface area contributed by atoms with Gasteiger partial charge in [0.15, 0.2) is 0 Å². The first-order valence-corrected chi connectivity index (χ1v) is 8.92. The minimum absolute atomic E-state index is 0.299. The molecule has 0 aliphatic carbocycles. The Morgan fingerprint density at radius 1 is 1.25 bits per heavy atom. The van der Waals surface area contributed by atoms with E-state index in [1.807, 2.05) is 5.38 Å². The van der Waals surface area contributed by atoms with E-state index in [-0.39, 0.29) is 5.82 Å². The van der Waals surface area contributed by atoms with E-state index in [0.717, 1.165) is 21.3 Å². The van der Waals surface area contributed by atoms with Crippen molar-refractivity contribution < 1.29 is 14.3 Å². The van der Waals surface area contributed by atoms with Crippen LogP contribution in [0.25, 0.3) is 21.3 Å². The molecule has 2 heterocycles. The summed E-state index contributed by atoms with van der Waals surface area (Å²) >= 11 is 2.67. The summed E-state index contributed by atoms with van der Waals surface area (Å²) in [6.07, 6.45) is 0. The maximum absolute atomic E-state index is 13.2. The molecule has 0 aliphatic heterocycles. The number of fused-ring (bicyclic) bond motifs is 1. The van der Waals surface area contributed by atoms with Crippen LogP contribution in [-0.4, -0.2) is 25.8 Å². The number of aromatic nitrogens is 2. The second kappa shape index (κ2) is 6.14. The molecular weight excluding hydrogens is 347 g/mol. The number of benzene rings is 1. The lowest BCUT2D eigenvalue weighted by atomic mass is 10.1. The molecular formula is C17H15FN2O2S2. The van der Waals surface area contributed by atoms with Gasteiger partial charge in [0.25, 0.3) is 0 Å². The molecule has 124 valence electrons. The van der Waals surface area contributed by atoms with Crippen LogP contribution in [0.4, 0.5) is 4.39 Å². The Balaban J connectivity index is 2.19. The van der Waals surface area contributed by atoms with Crippen LogP contribution in [0.1, 0.15) is 19.7 Å². The van der Waals surface area contributed by atoms with Crippen molar-refractivity contribution in [3.05, 3.63) is 41.3 Å². The van der Waals surface area contributed by atoms with E-state index in [0.29, 0.717) is 10.9 Å². The van der Waals surface area contributed by atoms with Gasteiger partial charge >= 0.3 is 5.97 Å². The Labute approximate surface area is 146 Å². The Morgan fingerprint density at radius 2 is 1.92 bits per heavy atom. The largest absolute Gasteiger partial charge is 0.480 e. The summed E-state index contributed by atoms with van der Waals surface area (Å²) < 4.78 is 12.2. The highest BCUT2D eigenvalue weighted by atomic mass is 32.2. The fourth-order valence-corrected chi connectivity index (χ4v) is 4.33. The molecule has 0 fully saturated rings. The molecule has 0 aliphatic rings. The molecule has 0 amide bonds. The molecule has 7 heteroatoms. The van der Waals surface area contributed by atoms with Gasteiger partial charge in [-0.3, -0.25) is 4.79 Å². The summed E-state index contributed by atoms with van der Waals surface area (Å²) in [6, 6.07) is 6.21. The van der Waals surface area contributed by atoms with Crippen LogP contribution in [-0.2, 0) is 4.79 Å². The van der Waals surface area contributed by atoms with Gasteiger partial charge in [-0.25, -0.2) is 14.4 Å². The molecule has 1 N–H and O–H groups in total. The molecule has 0 bridgehead atoms. The van der Waals surface area contributed by atoms with Crippen LogP contribution in [0.2, 0.25) is 0 Å². The van der Waals surface area contributed by atoms with E-state index in [4.69, 9.17) is 0 Å². The number of hydrogen-bond donors (Lipinski definition) is 1. The molecule has 0 unspecified atom stereocenters. The van der Waals surface area contributed by atoms with E-state index < -0.39 is 10.7 Å². The fourth-order valence-electron chi connectivity index (χ4n) is 2.21. The predicted molar refractivity (Wildman–Crippen MR) is 95.1 cm³/mol. The van der Waals surface area contributed by atoms with Crippen molar-refractivity contribution in [3.8, 4) is 11.1 Å². The Bertz CT molecular complexity index is 920. The molecule has 0 atom stereocenters. The minimum atomic E-state index is -1.02. The van der Waals surface area contributed by atoms with Gasteiger partial charge in [-0.05, 0) is 38.5 Å². The number of halogens is 1. The average molecular weight is 362 g/mol. The SMILES string of the molecule is Cc1nc(SC(C)(C)C(=O)O)c2c(-c3ccc(F)cc3)csc2n1. The molecule has 3 rings (SSSR count). The molecule has 3 aromatic rings. The third kappa shape index (κ3) is 3.14. The van der Waals surface area contributed by atoms with E-state index in [9.17, 15) is 14.3 Å². The van der Waals surface area contributed by atoms with Gasteiger partial charge in [0.2, 0.25) is 0 Å². The zero-order valence-corrected chi connectivity index (χ0v) is 15.0. The van der Waals surface area contributed by atoms with Gasteiger partial charge < -0.3 is 5.11 Å². The van der Waals surface area contributed by atoms with Crippen molar-refractivity contribution in [2.75, 3.05) is 0 Å². The zero-order chi connectivity index (χ0) is 17.5. The fraction of sp³-hybridized carbons (Fsp3) is 0.235. The van der Waals surface area contributed by atoms with Gasteiger partial charge in [0.05, 0.1) is 5.39 Å². The lowest BCUT2D eigenvalue weighted by Gasteiger charge is -2.18. The Hall–Kier alpha value is -1.99. The third-order valence-corrected chi connectivity index (χ3v) is 5.58. The molecule has 4 nitrogen and oxygen atoms in total. The van der Waals surface area contributed by atoms with Gasteiger partial charge in [0, 0.05) is 10.9 Å². The van der Waals surface area contributed by atoms with Gasteiger partial charge in [-0.1, -0.05) is 23.9 Å². The van der Waals surface area contributed by atoms with E-state index in [2.05, 4.69) is 9.97 Å². The molecule has 1 aromatic carbocycles. The zero-order valence-electron chi connectivity index (χ0n) is 13.3. The maximum Gasteiger partial charge on any atom is 0.319 e. The van der Waals surface area contributed by atoms with Gasteiger partial charge in [0.1, 0.15) is 26.2 Å². The number of nitrogens with zero attached hydrogens (tertiary/aromatic N) is 2. The van der Waals surface area contributed by atoms with Crippen molar-refractivity contribution in [2.45, 2.75) is 30.5 Å². The van der Waals surface area contributed by atoms with Crippen LogP contribution in [0.5, 0.6) is 0 Å². The lowest BCUT2D eigenvalue weighted by molar-refractivity contribution is -0.138. The van der Waals surface area contributed by atoms with E-state index in [1.54, 1.807) is 32.9 Å². The Morgan fingerprint density at radius 3 is 2.54 bits per heavy atom. The van der Waals surface area contributed by atoms with E-state index in [1.165, 1.54) is 35.2 Å². The van der Waals surface area contributed by atoms with Crippen LogP contribution in [0, 0.1) is 12.7 Å². The molecule has 0 radical (unpaired) electrons. The first-order chi connectivity index (χ1) is 11.3. The lowest BCUT2D eigenvalue weighted by Crippen LogP contribution is -2.27. The van der Waals surface area contributed by atoms with Crippen LogP contribution < -0.4 is 0 Å². The summed E-state index contributed by atoms with van der Waals surface area (Å²) in [7, 11) is 0. The number of aliphatic carboxylic acids is 1. The standard InChI is InChI=1S/C17H15FN2O2S2/c1-9-19-14-13(15(20-9)24-17(2,3)16(21)22)12(8-23-14)10-4-6-11(18)7-5-10/h4-8H,1-3H3,(H,21,22). The number of carbonyl (C=O) groups is 1. The number of hydrogen-bond acceptors (Lipinski definition) is 5. The number of thiophene rings is 1. The van der Waals surface area contributed by atoms with Crippen molar-refractivity contribution in [1.82, 2.24) is 9.97 Å². The number of carboxylic acid groups (broad SMARTS) is 1. The molecule has 0 saturated heterocycles. The maximum atomic E-state index is 13.2. The molecule has 0 saturated carbocycles. The first-order valence-electron chi connectivity index (χ1n) is 7.22. The number of aryl methyl sites for hydroxylation is 1. The first kappa shape index (κ1) is 16.9. The number of thioether (sulfide) groups is 1. The monoisotopic (exact) mass is 362 g/mol. The van der Waals surface area contributed by atoms with Crippen LogP contribution in [0.15, 0.2) is 34.7 Å². The number of rotatable bonds is 4. The second-order valence-electron chi connectivity index (χ2n) is 5.83. The molecule has 2 aromatic heterocycles. The smallest absolute Gasteiger partial charge is 0.319 e. The van der Waals surface area contributed by atoms with Crippen molar-refractivity contribution in [3.63, 3.8) is 0 Å². The summed E-state index contributed by atoms with van der Waals surface area (Å²) in [5, 5.41) is 12.8. The highest BCUT2D eigenvalue weighted by Gasteiger charge is 2.31. The summed E-state index contributed by atoms with van der Waals surface area (Å²) in [4.78, 5) is 21.2. The van der Waals surface area contributed by atoms with Crippen molar-refractivity contribution in [2.24, 2.45) is 0 Å². The highest BCUT2D eigenvalue weighted by molar-refractivity contribution is 8.01. The van der Waals surface area contributed by atoms with Gasteiger partial charge in [-0.15, -0.1) is 11.3 Å². The average Bonchev–Trinajstić information content (AvgIpc) is 2.91. The predicted octanol–water partition coefficient (Wildman–Crippen LogP) is 4.76. The third-order valence-electron chi connectivity index (χ3n) is 3.53. The Kier molecular flexibility index (Phi) is 4.31. The van der Waals surface area contributed by atoms with Crippen LogP contribution in [0.3, 0.4) is 0 Å². The van der Waals surface area contributed by atoms with Gasteiger partial charge in [-0.2, -0.15) is 0 Å². The normalized spacial score (nSPS) is 11.8. The van der Waals surface area contributed by atoms with Crippen molar-refractivity contribution >= 4 is 39.3 Å². The topological polar surface area (TPSA) is 63.1 Å². The highest BCUT2D eigenvalue weighted by Crippen LogP contribution is 2.42. The summed E-state index contributed by atoms with van der Waals surface area (Å²) in [5.74, 6) is -0.610.